The van der Waals surface area contributed by atoms with Crippen molar-refractivity contribution in [3.05, 3.63) is 53.6 Å². The predicted octanol–water partition coefficient (Wildman–Crippen LogP) is 5.64. The number of halogens is 6. The zero-order valence-electron chi connectivity index (χ0n) is 21.7. The molecule has 1 amide bonds. The molecule has 2 fully saturated rings. The van der Waals surface area contributed by atoms with Crippen molar-refractivity contribution in [2.75, 3.05) is 13.1 Å². The molecular weight excluding hydrogens is 600 g/mol. The molecule has 1 aliphatic carbocycles. The third-order valence-electron chi connectivity index (χ3n) is 7.34. The van der Waals surface area contributed by atoms with Crippen molar-refractivity contribution >= 4 is 25.6 Å². The van der Waals surface area contributed by atoms with Crippen molar-refractivity contribution in [2.24, 2.45) is 5.92 Å². The Bertz CT molecular complexity index is 1510. The fraction of sp³-hybridized carbons (Fsp3) is 0.500. The van der Waals surface area contributed by atoms with E-state index >= 15 is 0 Å². The van der Waals surface area contributed by atoms with Gasteiger partial charge >= 0.3 is 12.5 Å². The van der Waals surface area contributed by atoms with Crippen LogP contribution in [0.25, 0.3) is 0 Å². The Morgan fingerprint density at radius 1 is 0.927 bits per heavy atom. The Balaban J connectivity index is 1.53. The summed E-state index contributed by atoms with van der Waals surface area (Å²) in [6.45, 7) is 1.52. The number of hydrogen-bond donors (Lipinski definition) is 0. The highest BCUT2D eigenvalue weighted by atomic mass is 32.2. The van der Waals surface area contributed by atoms with Crippen LogP contribution in [0.4, 0.5) is 26.3 Å². The standard InChI is InChI=1S/C26H27F6NO6S2/c1-2-23(41(37,38)19-5-3-4-17(14-19)25(27,28)29)16-10-12-33(13-11-16)24(34)21-9-8-20(40(35,36)18-6-7-18)15-22(21)39-26(30,31)32/h3-5,8-9,14-16,18,23H,2,6-7,10-13H2,1H3. The van der Waals surface area contributed by atoms with Crippen molar-refractivity contribution in [3.8, 4) is 5.75 Å². The van der Waals surface area contributed by atoms with Crippen LogP contribution < -0.4 is 4.74 Å². The normalized spacial score (nSPS) is 18.3. The van der Waals surface area contributed by atoms with E-state index in [0.717, 1.165) is 30.3 Å². The molecule has 1 saturated heterocycles. The first-order chi connectivity index (χ1) is 18.9. The van der Waals surface area contributed by atoms with Crippen LogP contribution in [0.5, 0.6) is 5.75 Å². The number of nitrogens with zero attached hydrogens (tertiary/aromatic N) is 1. The van der Waals surface area contributed by atoms with Crippen LogP contribution in [0.15, 0.2) is 52.3 Å². The van der Waals surface area contributed by atoms with Crippen LogP contribution in [-0.2, 0) is 25.9 Å². The van der Waals surface area contributed by atoms with E-state index in [-0.39, 0.29) is 37.2 Å². The number of likely N-dealkylation sites (tertiary alicyclic amines) is 1. The summed E-state index contributed by atoms with van der Waals surface area (Å²) in [4.78, 5) is 13.6. The van der Waals surface area contributed by atoms with Gasteiger partial charge in [0.25, 0.3) is 5.91 Å². The van der Waals surface area contributed by atoms with Gasteiger partial charge in [0, 0.05) is 13.1 Å². The minimum atomic E-state index is -5.20. The molecule has 7 nitrogen and oxygen atoms in total. The molecule has 0 radical (unpaired) electrons. The van der Waals surface area contributed by atoms with Crippen molar-refractivity contribution in [3.63, 3.8) is 0 Å². The molecule has 2 aromatic rings. The van der Waals surface area contributed by atoms with E-state index in [1.165, 1.54) is 4.90 Å². The SMILES string of the molecule is CCC(C1CCN(C(=O)c2ccc(S(=O)(=O)C3CC3)cc2OC(F)(F)F)CC1)S(=O)(=O)c1cccc(C(F)(F)F)c1. The highest BCUT2D eigenvalue weighted by Gasteiger charge is 2.41. The molecule has 226 valence electrons. The largest absolute Gasteiger partial charge is 0.573 e. The Morgan fingerprint density at radius 3 is 2.10 bits per heavy atom. The van der Waals surface area contributed by atoms with Crippen LogP contribution in [0.3, 0.4) is 0 Å². The van der Waals surface area contributed by atoms with Gasteiger partial charge in [0.2, 0.25) is 0 Å². The van der Waals surface area contributed by atoms with Crippen LogP contribution in [0, 0.1) is 5.92 Å². The molecule has 1 unspecified atom stereocenters. The molecule has 1 heterocycles. The van der Waals surface area contributed by atoms with Crippen molar-refractivity contribution in [1.82, 2.24) is 4.90 Å². The van der Waals surface area contributed by atoms with Gasteiger partial charge in [-0.05, 0) is 74.4 Å². The van der Waals surface area contributed by atoms with E-state index in [9.17, 15) is 48.0 Å². The van der Waals surface area contributed by atoms with E-state index < -0.39 is 76.3 Å². The summed E-state index contributed by atoms with van der Waals surface area (Å²) >= 11 is 0. The number of rotatable bonds is 8. The topological polar surface area (TPSA) is 97.8 Å². The van der Waals surface area contributed by atoms with Gasteiger partial charge in [-0.15, -0.1) is 13.2 Å². The van der Waals surface area contributed by atoms with Gasteiger partial charge < -0.3 is 9.64 Å². The predicted molar refractivity (Wildman–Crippen MR) is 135 cm³/mol. The highest BCUT2D eigenvalue weighted by molar-refractivity contribution is 7.92. The summed E-state index contributed by atoms with van der Waals surface area (Å²) in [5.74, 6) is -2.34. The van der Waals surface area contributed by atoms with Gasteiger partial charge in [-0.2, -0.15) is 13.2 Å². The lowest BCUT2D eigenvalue weighted by molar-refractivity contribution is -0.274. The van der Waals surface area contributed by atoms with Crippen molar-refractivity contribution in [2.45, 2.75) is 71.9 Å². The third kappa shape index (κ3) is 6.82. The molecule has 0 bridgehead atoms. The number of amides is 1. The molecule has 1 atom stereocenters. The molecule has 4 rings (SSSR count). The Kier molecular flexibility index (Phi) is 8.44. The first-order valence-electron chi connectivity index (χ1n) is 12.8. The van der Waals surface area contributed by atoms with Gasteiger partial charge in [-0.25, -0.2) is 16.8 Å². The van der Waals surface area contributed by atoms with E-state index in [0.29, 0.717) is 25.0 Å². The van der Waals surface area contributed by atoms with Crippen molar-refractivity contribution in [1.29, 1.82) is 0 Å². The molecule has 0 spiro atoms. The van der Waals surface area contributed by atoms with E-state index in [1.807, 2.05) is 0 Å². The first-order valence-corrected chi connectivity index (χ1v) is 15.9. The summed E-state index contributed by atoms with van der Waals surface area (Å²) in [7, 11) is -8.05. The summed E-state index contributed by atoms with van der Waals surface area (Å²) in [6, 6.07) is 6.20. The summed E-state index contributed by atoms with van der Waals surface area (Å²) in [6.07, 6.45) is -8.80. The minimum absolute atomic E-state index is 0.0360. The fourth-order valence-electron chi connectivity index (χ4n) is 5.11. The number of carbonyl (C=O) groups is 1. The van der Waals surface area contributed by atoms with E-state index in [2.05, 4.69) is 4.74 Å². The average Bonchev–Trinajstić information content (AvgIpc) is 3.74. The molecular formula is C26H27F6NO6S2. The molecule has 15 heteroatoms. The van der Waals surface area contributed by atoms with Crippen LogP contribution in [0.2, 0.25) is 0 Å². The number of hydrogen-bond acceptors (Lipinski definition) is 6. The lowest BCUT2D eigenvalue weighted by Gasteiger charge is -2.36. The monoisotopic (exact) mass is 627 g/mol. The Morgan fingerprint density at radius 2 is 1.56 bits per heavy atom. The highest BCUT2D eigenvalue weighted by Crippen LogP contribution is 2.38. The average molecular weight is 628 g/mol. The summed E-state index contributed by atoms with van der Waals surface area (Å²) < 4.78 is 135. The molecule has 2 aliphatic rings. The van der Waals surface area contributed by atoms with Crippen LogP contribution in [0.1, 0.15) is 54.9 Å². The number of sulfone groups is 2. The number of carbonyl (C=O) groups excluding carboxylic acids is 1. The first kappa shape index (κ1) is 31.1. The smallest absolute Gasteiger partial charge is 0.405 e. The quantitative estimate of drug-likeness (QED) is 0.351. The van der Waals surface area contributed by atoms with Crippen LogP contribution in [-0.4, -0.2) is 57.6 Å². The molecule has 2 aromatic carbocycles. The Hall–Kier alpha value is -2.81. The van der Waals surface area contributed by atoms with Crippen molar-refractivity contribution < 1.29 is 52.7 Å². The second-order valence-corrected chi connectivity index (χ2v) is 14.5. The number of benzene rings is 2. The van der Waals surface area contributed by atoms with Gasteiger partial charge in [0.1, 0.15) is 5.75 Å². The molecule has 0 N–H and O–H groups in total. The van der Waals surface area contributed by atoms with Gasteiger partial charge in [0.05, 0.1) is 31.4 Å². The minimum Gasteiger partial charge on any atom is -0.405 e. The summed E-state index contributed by atoms with van der Waals surface area (Å²) in [5.41, 5.74) is -1.60. The maximum atomic E-state index is 13.3. The number of ether oxygens (including phenoxy) is 1. The summed E-state index contributed by atoms with van der Waals surface area (Å²) in [5, 5.41) is -1.74. The zero-order chi connectivity index (χ0) is 30.4. The van der Waals surface area contributed by atoms with E-state index in [4.69, 9.17) is 0 Å². The second-order valence-electron chi connectivity index (χ2n) is 10.1. The molecule has 0 aromatic heterocycles. The molecule has 41 heavy (non-hydrogen) atoms. The third-order valence-corrected chi connectivity index (χ3v) is 12.0. The fourth-order valence-corrected chi connectivity index (χ4v) is 8.91. The zero-order valence-corrected chi connectivity index (χ0v) is 23.3. The van der Waals surface area contributed by atoms with Crippen LogP contribution >= 0.6 is 0 Å². The number of piperidine rings is 1. The van der Waals surface area contributed by atoms with E-state index in [1.54, 1.807) is 6.92 Å². The molecule has 1 aliphatic heterocycles. The van der Waals surface area contributed by atoms with Gasteiger partial charge in [0.15, 0.2) is 19.7 Å². The second kappa shape index (κ2) is 11.1. The lowest BCUT2D eigenvalue weighted by Crippen LogP contribution is -2.43. The maximum Gasteiger partial charge on any atom is 0.573 e. The molecule has 1 saturated carbocycles. The lowest BCUT2D eigenvalue weighted by atomic mass is 9.91. The number of alkyl halides is 6. The Labute approximate surface area is 233 Å². The maximum absolute atomic E-state index is 13.3. The van der Waals surface area contributed by atoms with Gasteiger partial charge in [-0.3, -0.25) is 4.79 Å². The van der Waals surface area contributed by atoms with Gasteiger partial charge in [-0.1, -0.05) is 13.0 Å².